The summed E-state index contributed by atoms with van der Waals surface area (Å²) in [5.74, 6) is -0.0102. The standard InChI is InChI=1S/C20H23N3OS2/c1-12-6-7-13(2)16(10-12)23-14(3)17(19(24)22(4)5)18(21-20(23)25)15-8-9-26-11-15/h6-11,18H,1-5H3,(H,21,25). The third-order valence-electron chi connectivity index (χ3n) is 4.60. The number of likely N-dealkylation sites (N-methyl/N-ethyl adjacent to an activating group) is 1. The van der Waals surface area contributed by atoms with Crippen molar-refractivity contribution in [3.05, 3.63) is 63.0 Å². The maximum absolute atomic E-state index is 13.0. The van der Waals surface area contributed by atoms with Crippen LogP contribution < -0.4 is 10.2 Å². The van der Waals surface area contributed by atoms with Gasteiger partial charge in [-0.15, -0.1) is 0 Å². The molecular weight excluding hydrogens is 362 g/mol. The van der Waals surface area contributed by atoms with Gasteiger partial charge in [0.1, 0.15) is 0 Å². The van der Waals surface area contributed by atoms with E-state index in [4.69, 9.17) is 12.2 Å². The van der Waals surface area contributed by atoms with E-state index in [0.717, 1.165) is 33.6 Å². The number of nitrogens with zero attached hydrogens (tertiary/aromatic N) is 2. The number of thiophene rings is 1. The summed E-state index contributed by atoms with van der Waals surface area (Å²) in [5.41, 5.74) is 5.93. The third-order valence-corrected chi connectivity index (χ3v) is 5.61. The topological polar surface area (TPSA) is 35.6 Å². The molecule has 1 N–H and O–H groups in total. The molecule has 0 aliphatic carbocycles. The number of allylic oxidation sites excluding steroid dienone is 1. The Bertz CT molecular complexity index is 884. The summed E-state index contributed by atoms with van der Waals surface area (Å²) in [6.45, 7) is 6.09. The predicted octanol–water partition coefficient (Wildman–Crippen LogP) is 4.16. The largest absolute Gasteiger partial charge is 0.351 e. The van der Waals surface area contributed by atoms with Gasteiger partial charge in [0.15, 0.2) is 5.11 Å². The minimum atomic E-state index is -0.231. The van der Waals surface area contributed by atoms with E-state index < -0.39 is 0 Å². The highest BCUT2D eigenvalue weighted by molar-refractivity contribution is 7.80. The molecular formula is C20H23N3OS2. The number of carbonyl (C=O) groups is 1. The molecule has 0 saturated carbocycles. The van der Waals surface area contributed by atoms with Gasteiger partial charge in [0.2, 0.25) is 0 Å². The summed E-state index contributed by atoms with van der Waals surface area (Å²) in [6, 6.07) is 8.08. The molecule has 0 spiro atoms. The van der Waals surface area contributed by atoms with Gasteiger partial charge in [0.25, 0.3) is 5.91 Å². The van der Waals surface area contributed by atoms with E-state index in [1.54, 1.807) is 30.3 Å². The summed E-state index contributed by atoms with van der Waals surface area (Å²) >= 11 is 7.32. The molecule has 1 aliphatic heterocycles. The Morgan fingerprint density at radius 2 is 1.96 bits per heavy atom. The molecule has 1 amide bonds. The SMILES string of the molecule is CC1=C(C(=O)N(C)C)C(c2ccsc2)NC(=S)N1c1cc(C)ccc1C. The van der Waals surface area contributed by atoms with E-state index in [1.807, 2.05) is 23.3 Å². The van der Waals surface area contributed by atoms with Crippen LogP contribution in [0.4, 0.5) is 5.69 Å². The molecule has 0 radical (unpaired) electrons. The lowest BCUT2D eigenvalue weighted by atomic mass is 9.95. The average Bonchev–Trinajstić information content (AvgIpc) is 3.11. The van der Waals surface area contributed by atoms with Crippen LogP contribution >= 0.6 is 23.6 Å². The molecule has 136 valence electrons. The predicted molar refractivity (Wildman–Crippen MR) is 113 cm³/mol. The molecule has 0 fully saturated rings. The van der Waals surface area contributed by atoms with Crippen LogP contribution in [0.15, 0.2) is 46.3 Å². The molecule has 2 heterocycles. The number of thiocarbonyl (C=S) groups is 1. The second kappa shape index (κ2) is 7.21. The van der Waals surface area contributed by atoms with Gasteiger partial charge in [0.05, 0.1) is 17.3 Å². The second-order valence-electron chi connectivity index (χ2n) is 6.76. The average molecular weight is 386 g/mol. The van der Waals surface area contributed by atoms with Crippen molar-refractivity contribution in [2.75, 3.05) is 19.0 Å². The van der Waals surface area contributed by atoms with E-state index in [-0.39, 0.29) is 11.9 Å². The monoisotopic (exact) mass is 385 g/mol. The molecule has 1 atom stereocenters. The van der Waals surface area contributed by atoms with Gasteiger partial charge in [0, 0.05) is 19.8 Å². The van der Waals surface area contributed by atoms with Crippen molar-refractivity contribution >= 4 is 40.3 Å². The van der Waals surface area contributed by atoms with Gasteiger partial charge in [-0.25, -0.2) is 0 Å². The number of rotatable bonds is 3. The number of carbonyl (C=O) groups excluding carboxylic acids is 1. The van der Waals surface area contributed by atoms with Gasteiger partial charge in [-0.2, -0.15) is 11.3 Å². The highest BCUT2D eigenvalue weighted by Gasteiger charge is 2.35. The van der Waals surface area contributed by atoms with Crippen molar-refractivity contribution in [1.82, 2.24) is 10.2 Å². The second-order valence-corrected chi connectivity index (χ2v) is 7.93. The first-order valence-electron chi connectivity index (χ1n) is 8.43. The summed E-state index contributed by atoms with van der Waals surface area (Å²) in [6.07, 6.45) is 0. The van der Waals surface area contributed by atoms with Gasteiger partial charge >= 0.3 is 0 Å². The minimum Gasteiger partial charge on any atom is -0.351 e. The maximum Gasteiger partial charge on any atom is 0.253 e. The molecule has 2 aromatic rings. The highest BCUT2D eigenvalue weighted by Crippen LogP contribution is 2.36. The maximum atomic E-state index is 13.0. The molecule has 0 saturated heterocycles. The van der Waals surface area contributed by atoms with Gasteiger partial charge < -0.3 is 10.2 Å². The Hall–Kier alpha value is -2.18. The fourth-order valence-corrected chi connectivity index (χ4v) is 4.24. The molecule has 3 rings (SSSR count). The Kier molecular flexibility index (Phi) is 5.16. The first-order chi connectivity index (χ1) is 12.3. The zero-order valence-electron chi connectivity index (χ0n) is 15.7. The summed E-state index contributed by atoms with van der Waals surface area (Å²) in [4.78, 5) is 16.6. The van der Waals surface area contributed by atoms with Gasteiger partial charge in [-0.1, -0.05) is 12.1 Å². The number of benzene rings is 1. The van der Waals surface area contributed by atoms with Crippen molar-refractivity contribution < 1.29 is 4.79 Å². The van der Waals surface area contributed by atoms with E-state index in [0.29, 0.717) is 5.11 Å². The number of aryl methyl sites for hydroxylation is 2. The van der Waals surface area contributed by atoms with Crippen molar-refractivity contribution in [3.63, 3.8) is 0 Å². The van der Waals surface area contributed by atoms with Gasteiger partial charge in [-0.05, 0) is 72.6 Å². The van der Waals surface area contributed by atoms with Crippen LogP contribution in [0.5, 0.6) is 0 Å². The lowest BCUT2D eigenvalue weighted by molar-refractivity contribution is -0.125. The van der Waals surface area contributed by atoms with Crippen LogP contribution in [0.1, 0.15) is 29.7 Å². The zero-order valence-corrected chi connectivity index (χ0v) is 17.3. The quantitative estimate of drug-likeness (QED) is 0.805. The van der Waals surface area contributed by atoms with Crippen LogP contribution in [0.25, 0.3) is 0 Å². The third kappa shape index (κ3) is 3.27. The molecule has 1 aromatic carbocycles. The van der Waals surface area contributed by atoms with E-state index in [1.165, 1.54) is 0 Å². The Morgan fingerprint density at radius 3 is 2.58 bits per heavy atom. The molecule has 1 aromatic heterocycles. The smallest absolute Gasteiger partial charge is 0.253 e. The molecule has 4 nitrogen and oxygen atoms in total. The Labute approximate surface area is 164 Å². The Morgan fingerprint density at radius 1 is 1.23 bits per heavy atom. The number of nitrogens with one attached hydrogen (secondary N) is 1. The summed E-state index contributed by atoms with van der Waals surface area (Å²) < 4.78 is 0. The molecule has 1 unspecified atom stereocenters. The van der Waals surface area contributed by atoms with Crippen LogP contribution in [-0.2, 0) is 4.79 Å². The van der Waals surface area contributed by atoms with Gasteiger partial charge in [-0.3, -0.25) is 9.69 Å². The lowest BCUT2D eigenvalue weighted by Gasteiger charge is -2.39. The van der Waals surface area contributed by atoms with E-state index >= 15 is 0 Å². The lowest BCUT2D eigenvalue weighted by Crippen LogP contribution is -2.49. The minimum absolute atomic E-state index is 0.0102. The van der Waals surface area contributed by atoms with Crippen LogP contribution in [0.3, 0.4) is 0 Å². The van der Waals surface area contributed by atoms with Crippen molar-refractivity contribution in [2.45, 2.75) is 26.8 Å². The molecule has 1 aliphatic rings. The number of amides is 1. The number of anilines is 1. The fourth-order valence-electron chi connectivity index (χ4n) is 3.20. The molecule has 6 heteroatoms. The first kappa shape index (κ1) is 18.6. The molecule has 26 heavy (non-hydrogen) atoms. The highest BCUT2D eigenvalue weighted by atomic mass is 32.1. The number of hydrogen-bond donors (Lipinski definition) is 1. The molecule has 0 bridgehead atoms. The zero-order chi connectivity index (χ0) is 19.0. The van der Waals surface area contributed by atoms with Crippen LogP contribution in [-0.4, -0.2) is 30.0 Å². The van der Waals surface area contributed by atoms with E-state index in [2.05, 4.69) is 42.7 Å². The number of hydrogen-bond acceptors (Lipinski definition) is 3. The first-order valence-corrected chi connectivity index (χ1v) is 9.78. The normalized spacial score (nSPS) is 17.3. The van der Waals surface area contributed by atoms with Crippen molar-refractivity contribution in [1.29, 1.82) is 0 Å². The fraction of sp³-hybridized carbons (Fsp3) is 0.300. The Balaban J connectivity index is 2.19. The van der Waals surface area contributed by atoms with Crippen LogP contribution in [0.2, 0.25) is 0 Å². The van der Waals surface area contributed by atoms with Crippen molar-refractivity contribution in [3.8, 4) is 0 Å². The van der Waals surface area contributed by atoms with Crippen molar-refractivity contribution in [2.24, 2.45) is 0 Å². The van der Waals surface area contributed by atoms with E-state index in [9.17, 15) is 4.79 Å². The summed E-state index contributed by atoms with van der Waals surface area (Å²) in [5, 5.41) is 8.08. The van der Waals surface area contributed by atoms with Crippen LogP contribution in [0, 0.1) is 13.8 Å². The summed E-state index contributed by atoms with van der Waals surface area (Å²) in [7, 11) is 3.56.